The lowest BCUT2D eigenvalue weighted by Crippen LogP contribution is -2.54. The molecule has 2 heterocycles. The summed E-state index contributed by atoms with van der Waals surface area (Å²) >= 11 is 0. The molecule has 0 radical (unpaired) electrons. The molecule has 0 bridgehead atoms. The van der Waals surface area contributed by atoms with E-state index in [1.807, 2.05) is 52.5 Å². The minimum Gasteiger partial charge on any atom is -0.493 e. The van der Waals surface area contributed by atoms with Crippen molar-refractivity contribution in [3.05, 3.63) is 52.8 Å². The number of methoxy groups -OCH3 is 1. The second-order valence-corrected chi connectivity index (χ2v) is 16.0. The molecular weight excluding hydrogens is 665 g/mol. The SMILES string of the molecule is CCc1cc(-c2cc(C(=O)N3CCC(C(C)(C)O)CC3)ccc2F)c(OCCCOC)cc1C(=O)N(C(C)C)[C@@H]1CCCN(C(=O)OC(C)(C)C)C1. The van der Waals surface area contributed by atoms with Crippen LogP contribution in [0.3, 0.4) is 0 Å². The molecule has 52 heavy (non-hydrogen) atoms. The highest BCUT2D eigenvalue weighted by molar-refractivity contribution is 5.99. The van der Waals surface area contributed by atoms with Crippen LogP contribution >= 0.6 is 0 Å². The Morgan fingerprint density at radius 3 is 2.25 bits per heavy atom. The van der Waals surface area contributed by atoms with Gasteiger partial charge >= 0.3 is 6.09 Å². The second kappa shape index (κ2) is 17.4. The maximum atomic E-state index is 15.8. The summed E-state index contributed by atoms with van der Waals surface area (Å²) in [6.07, 6.45) is 3.53. The van der Waals surface area contributed by atoms with Crippen molar-refractivity contribution in [1.29, 1.82) is 0 Å². The summed E-state index contributed by atoms with van der Waals surface area (Å²) in [5.74, 6) is -0.446. The van der Waals surface area contributed by atoms with Gasteiger partial charge in [0.25, 0.3) is 11.8 Å². The van der Waals surface area contributed by atoms with Crippen molar-refractivity contribution in [2.75, 3.05) is 46.5 Å². The topological polar surface area (TPSA) is 109 Å². The maximum absolute atomic E-state index is 15.8. The number of aliphatic hydroxyl groups is 1. The first kappa shape index (κ1) is 41.1. The molecule has 10 nitrogen and oxygen atoms in total. The average Bonchev–Trinajstić information content (AvgIpc) is 3.08. The third kappa shape index (κ3) is 10.2. The number of halogens is 1. The highest BCUT2D eigenvalue weighted by atomic mass is 19.1. The van der Waals surface area contributed by atoms with Gasteiger partial charge in [-0.2, -0.15) is 0 Å². The Balaban J connectivity index is 1.70. The quantitative estimate of drug-likeness (QED) is 0.228. The fraction of sp³-hybridized carbons (Fsp3) is 0.634. The predicted octanol–water partition coefficient (Wildman–Crippen LogP) is 7.34. The average molecular weight is 726 g/mol. The minimum absolute atomic E-state index is 0.0977. The molecule has 4 rings (SSSR count). The molecule has 2 saturated heterocycles. The molecule has 0 unspecified atom stereocenters. The number of likely N-dealkylation sites (tertiary alicyclic amines) is 2. The molecule has 2 aliphatic rings. The Labute approximate surface area is 309 Å². The fourth-order valence-electron chi connectivity index (χ4n) is 7.30. The van der Waals surface area contributed by atoms with Crippen LogP contribution in [0.1, 0.15) is 114 Å². The van der Waals surface area contributed by atoms with E-state index in [0.29, 0.717) is 80.9 Å². The molecule has 0 spiro atoms. The molecule has 1 atom stereocenters. The van der Waals surface area contributed by atoms with E-state index in [2.05, 4.69) is 0 Å². The van der Waals surface area contributed by atoms with E-state index in [1.54, 1.807) is 42.9 Å². The second-order valence-electron chi connectivity index (χ2n) is 16.0. The molecule has 2 fully saturated rings. The number of ether oxygens (including phenoxy) is 3. The lowest BCUT2D eigenvalue weighted by atomic mass is 9.83. The van der Waals surface area contributed by atoms with Crippen LogP contribution in [-0.2, 0) is 15.9 Å². The fourth-order valence-corrected chi connectivity index (χ4v) is 7.30. The van der Waals surface area contributed by atoms with E-state index in [1.165, 1.54) is 12.1 Å². The largest absolute Gasteiger partial charge is 0.493 e. The molecule has 288 valence electrons. The van der Waals surface area contributed by atoms with Crippen LogP contribution in [0.5, 0.6) is 5.75 Å². The monoisotopic (exact) mass is 725 g/mol. The molecule has 2 aliphatic heterocycles. The summed E-state index contributed by atoms with van der Waals surface area (Å²) in [4.78, 5) is 46.6. The number of carbonyl (C=O) groups is 3. The van der Waals surface area contributed by atoms with Gasteiger partial charge in [-0.25, -0.2) is 9.18 Å². The predicted molar refractivity (Wildman–Crippen MR) is 200 cm³/mol. The summed E-state index contributed by atoms with van der Waals surface area (Å²) < 4.78 is 32.9. The van der Waals surface area contributed by atoms with Crippen molar-refractivity contribution in [2.45, 2.75) is 117 Å². The van der Waals surface area contributed by atoms with Gasteiger partial charge in [0.1, 0.15) is 17.2 Å². The molecule has 2 aromatic carbocycles. The number of nitrogens with zero attached hydrogens (tertiary/aromatic N) is 3. The van der Waals surface area contributed by atoms with Gasteiger partial charge in [0.05, 0.1) is 18.2 Å². The highest BCUT2D eigenvalue weighted by Crippen LogP contribution is 2.37. The zero-order valence-electron chi connectivity index (χ0n) is 32.7. The molecular formula is C41H60FN3O7. The first-order valence-corrected chi connectivity index (χ1v) is 18.9. The number of rotatable bonds is 12. The van der Waals surface area contributed by atoms with E-state index in [-0.39, 0.29) is 48.1 Å². The summed E-state index contributed by atoms with van der Waals surface area (Å²) in [7, 11) is 1.61. The third-order valence-electron chi connectivity index (χ3n) is 10.1. The highest BCUT2D eigenvalue weighted by Gasteiger charge is 2.36. The Bertz CT molecular complexity index is 1560. The number of piperidine rings is 2. The Kier molecular flexibility index (Phi) is 13.8. The van der Waals surface area contributed by atoms with Gasteiger partial charge in [0, 0.05) is 74.6 Å². The summed E-state index contributed by atoms with van der Waals surface area (Å²) in [5.41, 5.74) is 0.774. The van der Waals surface area contributed by atoms with Crippen LogP contribution in [0.2, 0.25) is 0 Å². The summed E-state index contributed by atoms with van der Waals surface area (Å²) in [6, 6.07) is 7.52. The number of carbonyl (C=O) groups excluding carboxylic acids is 3. The Hall–Kier alpha value is -3.70. The van der Waals surface area contributed by atoms with Crippen molar-refractivity contribution < 1.29 is 38.1 Å². The normalized spacial score (nSPS) is 17.3. The molecule has 2 aromatic rings. The van der Waals surface area contributed by atoms with Gasteiger partial charge in [0.2, 0.25) is 0 Å². The van der Waals surface area contributed by atoms with Gasteiger partial charge in [-0.1, -0.05) is 6.92 Å². The van der Waals surface area contributed by atoms with Crippen LogP contribution in [-0.4, -0.2) is 108 Å². The molecule has 0 aromatic heterocycles. The van der Waals surface area contributed by atoms with Gasteiger partial charge in [-0.3, -0.25) is 9.59 Å². The smallest absolute Gasteiger partial charge is 0.410 e. The van der Waals surface area contributed by atoms with Gasteiger partial charge in [-0.05, 0) is 122 Å². The van der Waals surface area contributed by atoms with Crippen molar-refractivity contribution >= 4 is 17.9 Å². The van der Waals surface area contributed by atoms with Crippen LogP contribution < -0.4 is 4.74 Å². The van der Waals surface area contributed by atoms with Crippen LogP contribution in [0.15, 0.2) is 30.3 Å². The minimum atomic E-state index is -0.814. The van der Waals surface area contributed by atoms with Gasteiger partial charge in [0.15, 0.2) is 0 Å². The number of benzene rings is 2. The van der Waals surface area contributed by atoms with E-state index in [9.17, 15) is 19.5 Å². The molecule has 0 saturated carbocycles. The van der Waals surface area contributed by atoms with Gasteiger partial charge in [-0.15, -0.1) is 0 Å². The first-order valence-electron chi connectivity index (χ1n) is 18.9. The van der Waals surface area contributed by atoms with Crippen molar-refractivity contribution in [3.63, 3.8) is 0 Å². The summed E-state index contributed by atoms with van der Waals surface area (Å²) in [6.45, 7) is 17.7. The first-order chi connectivity index (χ1) is 24.4. The number of amides is 3. The summed E-state index contributed by atoms with van der Waals surface area (Å²) in [5, 5.41) is 10.5. The molecule has 11 heteroatoms. The van der Waals surface area contributed by atoms with E-state index in [4.69, 9.17) is 14.2 Å². The Morgan fingerprint density at radius 2 is 1.65 bits per heavy atom. The van der Waals surface area contributed by atoms with Gasteiger partial charge < -0.3 is 34.0 Å². The number of aryl methyl sites for hydroxylation is 1. The third-order valence-corrected chi connectivity index (χ3v) is 10.1. The van der Waals surface area contributed by atoms with Crippen LogP contribution in [0, 0.1) is 11.7 Å². The van der Waals surface area contributed by atoms with Crippen molar-refractivity contribution in [1.82, 2.24) is 14.7 Å². The number of hydrogen-bond acceptors (Lipinski definition) is 7. The van der Waals surface area contributed by atoms with Crippen molar-refractivity contribution in [2.24, 2.45) is 5.92 Å². The zero-order chi connectivity index (χ0) is 38.4. The van der Waals surface area contributed by atoms with Crippen LogP contribution in [0.25, 0.3) is 11.1 Å². The maximum Gasteiger partial charge on any atom is 0.410 e. The lowest BCUT2D eigenvalue weighted by molar-refractivity contribution is -0.0108. The standard InChI is InChI=1S/C41H60FN3O7/c1-10-28-23-34(33-24-29(14-15-35(33)42)37(46)43-19-16-30(17-20-43)41(7,8)49)36(51-22-12-21-50-9)25-32(28)38(47)45(27(2)3)31-13-11-18-44(26-31)39(48)52-40(4,5)6/h14-15,23-25,27,30-31,49H,10-13,16-22,26H2,1-9H3/t31-/m1/s1. The number of hydrogen-bond donors (Lipinski definition) is 1. The van der Waals surface area contributed by atoms with Crippen molar-refractivity contribution in [3.8, 4) is 16.9 Å². The molecule has 1 N–H and O–H groups in total. The lowest BCUT2D eigenvalue weighted by Gasteiger charge is -2.42. The van der Waals surface area contributed by atoms with E-state index in [0.717, 1.165) is 18.4 Å². The van der Waals surface area contributed by atoms with E-state index < -0.39 is 17.0 Å². The Morgan fingerprint density at radius 1 is 0.962 bits per heavy atom. The molecule has 3 amide bonds. The zero-order valence-corrected chi connectivity index (χ0v) is 32.7. The van der Waals surface area contributed by atoms with Crippen LogP contribution in [0.4, 0.5) is 9.18 Å². The van der Waals surface area contributed by atoms with E-state index >= 15 is 4.39 Å². The molecule has 0 aliphatic carbocycles.